The largest absolute Gasteiger partial charge is 0.303 e. The Hall–Kier alpha value is -0.980. The highest BCUT2D eigenvalue weighted by atomic mass is 32.2. The van der Waals surface area contributed by atoms with Gasteiger partial charge in [-0.2, -0.15) is 0 Å². The van der Waals surface area contributed by atoms with Crippen LogP contribution >= 0.6 is 0 Å². The van der Waals surface area contributed by atoms with Crippen LogP contribution in [-0.2, 0) is 15.8 Å². The first-order chi connectivity index (χ1) is 10.9. The van der Waals surface area contributed by atoms with Gasteiger partial charge in [-0.3, -0.25) is 0 Å². The molecule has 0 bridgehead atoms. The van der Waals surface area contributed by atoms with Gasteiger partial charge in [0.15, 0.2) is 0 Å². The highest BCUT2D eigenvalue weighted by Crippen LogP contribution is 2.20. The van der Waals surface area contributed by atoms with Crippen molar-refractivity contribution in [1.29, 1.82) is 0 Å². The number of benzene rings is 1. The van der Waals surface area contributed by atoms with Crippen LogP contribution < -0.4 is 4.72 Å². The van der Waals surface area contributed by atoms with Gasteiger partial charge in [0.1, 0.15) is 5.82 Å². The van der Waals surface area contributed by atoms with E-state index in [1.807, 2.05) is 0 Å². The van der Waals surface area contributed by atoms with E-state index in [2.05, 4.69) is 23.5 Å². The maximum atomic E-state index is 13.5. The molecule has 0 unspecified atom stereocenters. The Bertz CT molecular complexity index is 596. The highest BCUT2D eigenvalue weighted by Gasteiger charge is 2.21. The summed E-state index contributed by atoms with van der Waals surface area (Å²) in [5.41, 5.74) is 0.207. The maximum Gasteiger partial charge on any atom is 0.215 e. The predicted molar refractivity (Wildman–Crippen MR) is 91.0 cm³/mol. The highest BCUT2D eigenvalue weighted by molar-refractivity contribution is 7.88. The molecule has 0 amide bonds. The minimum atomic E-state index is -3.49. The summed E-state index contributed by atoms with van der Waals surface area (Å²) >= 11 is 0. The third-order valence-electron chi connectivity index (χ3n) is 4.22. The molecular formula is C17H27FN2O2S. The first-order valence-electron chi connectivity index (χ1n) is 8.29. The molecule has 0 saturated carbocycles. The van der Waals surface area contributed by atoms with Crippen LogP contribution in [0, 0.1) is 17.7 Å². The number of halogens is 1. The van der Waals surface area contributed by atoms with Crippen LogP contribution in [0.25, 0.3) is 0 Å². The molecule has 130 valence electrons. The molecule has 0 spiro atoms. The van der Waals surface area contributed by atoms with Crippen molar-refractivity contribution in [1.82, 2.24) is 9.62 Å². The fraction of sp³-hybridized carbons (Fsp3) is 0.647. The average Bonchev–Trinajstić information content (AvgIpc) is 2.45. The van der Waals surface area contributed by atoms with E-state index >= 15 is 0 Å². The van der Waals surface area contributed by atoms with Gasteiger partial charge in [-0.15, -0.1) is 0 Å². The molecule has 1 fully saturated rings. The van der Waals surface area contributed by atoms with Crippen molar-refractivity contribution in [2.75, 3.05) is 26.2 Å². The van der Waals surface area contributed by atoms with E-state index in [0.717, 1.165) is 26.1 Å². The Morgan fingerprint density at radius 1 is 1.22 bits per heavy atom. The minimum absolute atomic E-state index is 0.207. The van der Waals surface area contributed by atoms with Gasteiger partial charge in [0.05, 0.1) is 5.75 Å². The van der Waals surface area contributed by atoms with Gasteiger partial charge in [0.2, 0.25) is 10.0 Å². The van der Waals surface area contributed by atoms with Crippen LogP contribution in [-0.4, -0.2) is 39.5 Å². The third kappa shape index (κ3) is 6.20. The lowest BCUT2D eigenvalue weighted by Crippen LogP contribution is -2.40. The standard InChI is InChI=1S/C17H27FN2O2S/c1-14-10-15(2)12-20(11-14)9-5-8-19-23(21,22)13-16-6-3-4-7-17(16)18/h3-4,6-7,14-15,19H,5,8-13H2,1-2H3/t14-,15+. The minimum Gasteiger partial charge on any atom is -0.303 e. The number of nitrogens with one attached hydrogen (secondary N) is 1. The van der Waals surface area contributed by atoms with Gasteiger partial charge in [-0.25, -0.2) is 17.5 Å². The summed E-state index contributed by atoms with van der Waals surface area (Å²) in [6.45, 7) is 8.01. The molecule has 1 saturated heterocycles. The first-order valence-corrected chi connectivity index (χ1v) is 9.94. The second-order valence-electron chi connectivity index (χ2n) is 6.80. The van der Waals surface area contributed by atoms with Crippen LogP contribution in [0.2, 0.25) is 0 Å². The van der Waals surface area contributed by atoms with E-state index in [1.165, 1.54) is 18.6 Å². The molecule has 2 rings (SSSR count). The molecular weight excluding hydrogens is 315 g/mol. The molecule has 1 N–H and O–H groups in total. The summed E-state index contributed by atoms with van der Waals surface area (Å²) in [5.74, 6) is 0.624. The summed E-state index contributed by atoms with van der Waals surface area (Å²) < 4.78 is 40.1. The zero-order valence-corrected chi connectivity index (χ0v) is 14.8. The molecule has 4 nitrogen and oxygen atoms in total. The van der Waals surface area contributed by atoms with E-state index in [0.29, 0.717) is 18.4 Å². The van der Waals surface area contributed by atoms with Gasteiger partial charge in [0.25, 0.3) is 0 Å². The summed E-state index contributed by atoms with van der Waals surface area (Å²) in [7, 11) is -3.49. The van der Waals surface area contributed by atoms with E-state index in [-0.39, 0.29) is 11.3 Å². The van der Waals surface area contributed by atoms with Crippen molar-refractivity contribution in [2.45, 2.75) is 32.4 Å². The topological polar surface area (TPSA) is 49.4 Å². The summed E-state index contributed by atoms with van der Waals surface area (Å²) in [4.78, 5) is 2.41. The Balaban J connectivity index is 1.74. The smallest absolute Gasteiger partial charge is 0.215 e. The molecule has 23 heavy (non-hydrogen) atoms. The van der Waals surface area contributed by atoms with Crippen LogP contribution in [0.1, 0.15) is 32.3 Å². The fourth-order valence-corrected chi connectivity index (χ4v) is 4.58. The summed E-state index contributed by atoms with van der Waals surface area (Å²) in [6.07, 6.45) is 2.04. The van der Waals surface area contributed by atoms with Crippen molar-refractivity contribution < 1.29 is 12.8 Å². The van der Waals surface area contributed by atoms with Crippen LogP contribution in [0.15, 0.2) is 24.3 Å². The molecule has 6 heteroatoms. The van der Waals surface area contributed by atoms with Gasteiger partial charge in [-0.05, 0) is 37.3 Å². The monoisotopic (exact) mass is 342 g/mol. The number of nitrogens with zero attached hydrogens (tertiary/aromatic N) is 1. The molecule has 0 aliphatic carbocycles. The van der Waals surface area contributed by atoms with E-state index in [1.54, 1.807) is 12.1 Å². The normalized spacial score (nSPS) is 23.1. The lowest BCUT2D eigenvalue weighted by atomic mass is 9.92. The molecule has 1 aromatic rings. The van der Waals surface area contributed by atoms with Gasteiger partial charge in [-0.1, -0.05) is 32.0 Å². The second-order valence-corrected chi connectivity index (χ2v) is 8.61. The maximum absolute atomic E-state index is 13.5. The zero-order chi connectivity index (χ0) is 16.9. The summed E-state index contributed by atoms with van der Waals surface area (Å²) in [5, 5.41) is 0. The van der Waals surface area contributed by atoms with Crippen molar-refractivity contribution in [3.8, 4) is 0 Å². The van der Waals surface area contributed by atoms with Gasteiger partial charge in [0, 0.05) is 25.2 Å². The van der Waals surface area contributed by atoms with Crippen molar-refractivity contribution in [2.24, 2.45) is 11.8 Å². The average molecular weight is 342 g/mol. The number of hydrogen-bond donors (Lipinski definition) is 1. The number of piperidine rings is 1. The van der Waals surface area contributed by atoms with Crippen LogP contribution in [0.5, 0.6) is 0 Å². The zero-order valence-electron chi connectivity index (χ0n) is 14.0. The van der Waals surface area contributed by atoms with Crippen molar-refractivity contribution in [3.63, 3.8) is 0 Å². The first kappa shape index (κ1) is 18.4. The van der Waals surface area contributed by atoms with Crippen molar-refractivity contribution >= 4 is 10.0 Å². The lowest BCUT2D eigenvalue weighted by Gasteiger charge is -2.34. The Morgan fingerprint density at radius 3 is 2.52 bits per heavy atom. The van der Waals surface area contributed by atoms with E-state index in [4.69, 9.17) is 0 Å². The quantitative estimate of drug-likeness (QED) is 0.775. The predicted octanol–water partition coefficient (Wildman–Crippen LogP) is 2.61. The molecule has 0 radical (unpaired) electrons. The molecule has 1 aromatic carbocycles. The second kappa shape index (κ2) is 8.22. The molecule has 2 atom stereocenters. The number of rotatable bonds is 7. The SMILES string of the molecule is C[C@@H]1C[C@H](C)CN(CCCNS(=O)(=O)Cc2ccccc2F)C1. The number of hydrogen-bond acceptors (Lipinski definition) is 3. The fourth-order valence-electron chi connectivity index (χ4n) is 3.38. The Morgan fingerprint density at radius 2 is 1.87 bits per heavy atom. The third-order valence-corrected chi connectivity index (χ3v) is 5.56. The van der Waals surface area contributed by atoms with Gasteiger partial charge >= 0.3 is 0 Å². The molecule has 1 aliphatic rings. The number of likely N-dealkylation sites (tertiary alicyclic amines) is 1. The number of sulfonamides is 1. The van der Waals surface area contributed by atoms with Crippen LogP contribution in [0.4, 0.5) is 4.39 Å². The Kier molecular flexibility index (Phi) is 6.56. The molecule has 1 heterocycles. The molecule has 0 aromatic heterocycles. The molecule has 1 aliphatic heterocycles. The van der Waals surface area contributed by atoms with Crippen LogP contribution in [0.3, 0.4) is 0 Å². The Labute approximate surface area is 139 Å². The lowest BCUT2D eigenvalue weighted by molar-refractivity contribution is 0.140. The van der Waals surface area contributed by atoms with E-state index < -0.39 is 15.8 Å². The summed E-state index contributed by atoms with van der Waals surface area (Å²) in [6, 6.07) is 5.99. The van der Waals surface area contributed by atoms with Gasteiger partial charge < -0.3 is 4.90 Å². The van der Waals surface area contributed by atoms with E-state index in [9.17, 15) is 12.8 Å². The van der Waals surface area contributed by atoms with Crippen molar-refractivity contribution in [3.05, 3.63) is 35.6 Å².